The van der Waals surface area contributed by atoms with E-state index >= 15 is 0 Å². The average Bonchev–Trinajstić information content (AvgIpc) is 2.21. The van der Waals surface area contributed by atoms with Gasteiger partial charge in [0.05, 0.1) is 4.92 Å². The second-order valence-electron chi connectivity index (χ2n) is 3.77. The van der Waals surface area contributed by atoms with Crippen LogP contribution in [-0.4, -0.2) is 23.4 Å². The highest BCUT2D eigenvalue weighted by Gasteiger charge is 2.10. The normalized spacial score (nSPS) is 10.8. The average molecular weight is 287 g/mol. The van der Waals surface area contributed by atoms with Gasteiger partial charge < -0.3 is 4.90 Å². The van der Waals surface area contributed by atoms with E-state index in [4.69, 9.17) is 0 Å². The van der Waals surface area contributed by atoms with E-state index in [2.05, 4.69) is 27.8 Å². The Morgan fingerprint density at radius 1 is 1.50 bits per heavy atom. The maximum atomic E-state index is 10.7. The van der Waals surface area contributed by atoms with E-state index < -0.39 is 0 Å². The Labute approximate surface area is 104 Å². The molecule has 0 saturated heterocycles. The first kappa shape index (κ1) is 13.1. The summed E-state index contributed by atoms with van der Waals surface area (Å²) in [6.45, 7) is 3.81. The first-order valence-electron chi connectivity index (χ1n) is 5.16. The zero-order chi connectivity index (χ0) is 12.1. The third-order valence-corrected chi connectivity index (χ3v) is 3.06. The van der Waals surface area contributed by atoms with Gasteiger partial charge in [0, 0.05) is 23.2 Å². The topological polar surface area (TPSA) is 46.4 Å². The molecule has 0 spiro atoms. The van der Waals surface area contributed by atoms with Gasteiger partial charge in [-0.15, -0.1) is 0 Å². The number of rotatable bonds is 5. The van der Waals surface area contributed by atoms with Crippen molar-refractivity contribution < 1.29 is 4.92 Å². The van der Waals surface area contributed by atoms with Crippen LogP contribution >= 0.6 is 15.9 Å². The first-order chi connectivity index (χ1) is 7.54. The molecule has 0 N–H and O–H groups in total. The molecule has 4 nitrogen and oxygen atoms in total. The minimum Gasteiger partial charge on any atom is -0.302 e. The molecular weight excluding hydrogens is 272 g/mol. The quantitative estimate of drug-likeness (QED) is 0.617. The largest absolute Gasteiger partial charge is 0.302 e. The lowest BCUT2D eigenvalue weighted by molar-refractivity contribution is -0.384. The summed E-state index contributed by atoms with van der Waals surface area (Å²) in [5.74, 6) is 0. The van der Waals surface area contributed by atoms with Gasteiger partial charge in [0.1, 0.15) is 0 Å². The molecule has 0 saturated carbocycles. The lowest BCUT2D eigenvalue weighted by Crippen LogP contribution is -2.18. The number of nitro benzene ring substituents is 1. The number of nitro groups is 1. The van der Waals surface area contributed by atoms with Crippen LogP contribution in [0.5, 0.6) is 0 Å². The van der Waals surface area contributed by atoms with E-state index in [0.717, 1.165) is 29.5 Å². The van der Waals surface area contributed by atoms with E-state index in [9.17, 15) is 10.1 Å². The van der Waals surface area contributed by atoms with Crippen molar-refractivity contribution in [3.63, 3.8) is 0 Å². The van der Waals surface area contributed by atoms with Crippen molar-refractivity contribution in [2.45, 2.75) is 19.9 Å². The molecule has 0 aliphatic rings. The predicted molar refractivity (Wildman–Crippen MR) is 67.4 cm³/mol. The lowest BCUT2D eigenvalue weighted by atomic mass is 10.2. The van der Waals surface area contributed by atoms with Gasteiger partial charge in [0.15, 0.2) is 0 Å². The second kappa shape index (κ2) is 5.96. The highest BCUT2D eigenvalue weighted by molar-refractivity contribution is 9.10. The van der Waals surface area contributed by atoms with Crippen molar-refractivity contribution in [3.8, 4) is 0 Å². The fraction of sp³-hybridized carbons (Fsp3) is 0.455. The number of hydrogen-bond donors (Lipinski definition) is 0. The molecule has 0 fully saturated rings. The van der Waals surface area contributed by atoms with Crippen molar-refractivity contribution in [2.75, 3.05) is 13.6 Å². The summed E-state index contributed by atoms with van der Waals surface area (Å²) >= 11 is 3.41. The van der Waals surface area contributed by atoms with E-state index in [1.165, 1.54) is 6.07 Å². The maximum absolute atomic E-state index is 10.7. The molecule has 0 aromatic heterocycles. The molecule has 0 aliphatic carbocycles. The van der Waals surface area contributed by atoms with Crippen LogP contribution in [0, 0.1) is 10.1 Å². The number of benzene rings is 1. The Kier molecular flexibility index (Phi) is 4.89. The van der Waals surface area contributed by atoms with Crippen LogP contribution in [0.3, 0.4) is 0 Å². The van der Waals surface area contributed by atoms with Gasteiger partial charge in [0.2, 0.25) is 0 Å². The maximum Gasteiger partial charge on any atom is 0.269 e. The van der Waals surface area contributed by atoms with Gasteiger partial charge in [-0.1, -0.05) is 22.9 Å². The van der Waals surface area contributed by atoms with E-state index in [1.54, 1.807) is 12.1 Å². The number of halogens is 1. The monoisotopic (exact) mass is 286 g/mol. The molecular formula is C11H15BrN2O2. The SMILES string of the molecule is CCCN(C)Cc1cc([N+](=O)[O-])ccc1Br. The van der Waals surface area contributed by atoms with Crippen LogP contribution in [0.4, 0.5) is 5.69 Å². The molecule has 16 heavy (non-hydrogen) atoms. The molecule has 5 heteroatoms. The summed E-state index contributed by atoms with van der Waals surface area (Å²) in [7, 11) is 2.01. The Hall–Kier alpha value is -0.940. The van der Waals surface area contributed by atoms with Crippen molar-refractivity contribution in [2.24, 2.45) is 0 Å². The molecule has 0 heterocycles. The van der Waals surface area contributed by atoms with Gasteiger partial charge in [-0.05, 0) is 31.6 Å². The molecule has 1 aromatic carbocycles. The summed E-state index contributed by atoms with van der Waals surface area (Å²) in [6.07, 6.45) is 1.07. The minimum atomic E-state index is -0.365. The third-order valence-electron chi connectivity index (χ3n) is 2.29. The fourth-order valence-corrected chi connectivity index (χ4v) is 1.92. The summed E-state index contributed by atoms with van der Waals surface area (Å²) in [4.78, 5) is 12.4. The molecule has 0 unspecified atom stereocenters. The minimum absolute atomic E-state index is 0.142. The van der Waals surface area contributed by atoms with Crippen molar-refractivity contribution in [1.82, 2.24) is 4.90 Å². The van der Waals surface area contributed by atoms with Crippen LogP contribution in [0.25, 0.3) is 0 Å². The van der Waals surface area contributed by atoms with Gasteiger partial charge in [-0.25, -0.2) is 0 Å². The number of non-ortho nitro benzene ring substituents is 1. The standard InChI is InChI=1S/C11H15BrN2O2/c1-3-6-13(2)8-9-7-10(14(15)16)4-5-11(9)12/h4-5,7H,3,6,8H2,1-2H3. The highest BCUT2D eigenvalue weighted by atomic mass is 79.9. The van der Waals surface area contributed by atoms with Crippen LogP contribution in [-0.2, 0) is 6.54 Å². The van der Waals surface area contributed by atoms with Gasteiger partial charge in [-0.3, -0.25) is 10.1 Å². The Balaban J connectivity index is 2.85. The predicted octanol–water partition coefficient (Wildman–Crippen LogP) is 3.20. The number of hydrogen-bond acceptors (Lipinski definition) is 3. The lowest BCUT2D eigenvalue weighted by Gasteiger charge is -2.16. The third kappa shape index (κ3) is 3.57. The Bertz CT molecular complexity index is 382. The smallest absolute Gasteiger partial charge is 0.269 e. The molecule has 88 valence electrons. The zero-order valence-electron chi connectivity index (χ0n) is 9.44. The summed E-state index contributed by atoms with van der Waals surface area (Å²) in [6, 6.07) is 4.86. The van der Waals surface area contributed by atoms with Crippen LogP contribution in [0.1, 0.15) is 18.9 Å². The summed E-state index contributed by atoms with van der Waals surface area (Å²) in [5.41, 5.74) is 1.09. The van der Waals surface area contributed by atoms with E-state index in [-0.39, 0.29) is 10.6 Å². The number of nitrogens with zero attached hydrogens (tertiary/aromatic N) is 2. The van der Waals surface area contributed by atoms with E-state index in [1.807, 2.05) is 7.05 Å². The summed E-state index contributed by atoms with van der Waals surface area (Å²) < 4.78 is 0.918. The fourth-order valence-electron chi connectivity index (χ4n) is 1.55. The van der Waals surface area contributed by atoms with Crippen molar-refractivity contribution in [3.05, 3.63) is 38.3 Å². The molecule has 0 amide bonds. The Morgan fingerprint density at radius 2 is 2.19 bits per heavy atom. The second-order valence-corrected chi connectivity index (χ2v) is 4.62. The van der Waals surface area contributed by atoms with Crippen LogP contribution < -0.4 is 0 Å². The van der Waals surface area contributed by atoms with E-state index in [0.29, 0.717) is 0 Å². The first-order valence-corrected chi connectivity index (χ1v) is 5.95. The van der Waals surface area contributed by atoms with Gasteiger partial charge in [0.25, 0.3) is 5.69 Å². The van der Waals surface area contributed by atoms with Crippen molar-refractivity contribution in [1.29, 1.82) is 0 Å². The molecule has 0 bridgehead atoms. The van der Waals surface area contributed by atoms with Crippen LogP contribution in [0.2, 0.25) is 0 Å². The molecule has 1 rings (SSSR count). The molecule has 0 radical (unpaired) electrons. The molecule has 0 aliphatic heterocycles. The molecule has 1 aromatic rings. The van der Waals surface area contributed by atoms with Gasteiger partial charge >= 0.3 is 0 Å². The van der Waals surface area contributed by atoms with Crippen LogP contribution in [0.15, 0.2) is 22.7 Å². The Morgan fingerprint density at radius 3 is 2.75 bits per heavy atom. The molecule has 0 atom stereocenters. The summed E-state index contributed by atoms with van der Waals surface area (Å²) in [5, 5.41) is 10.7. The van der Waals surface area contributed by atoms with Gasteiger partial charge in [-0.2, -0.15) is 0 Å². The van der Waals surface area contributed by atoms with Crippen molar-refractivity contribution >= 4 is 21.6 Å². The zero-order valence-corrected chi connectivity index (χ0v) is 11.0. The highest BCUT2D eigenvalue weighted by Crippen LogP contribution is 2.23.